The molecule has 2 N–H and O–H groups in total. The Morgan fingerprint density at radius 1 is 1.19 bits per heavy atom. The largest absolute Gasteiger partial charge is 0.357 e. The number of carbonyl (C=O) groups excluding carboxylic acids is 1. The molecule has 0 aromatic carbocycles. The zero-order valence-corrected chi connectivity index (χ0v) is 16.8. The molecule has 2 aliphatic rings. The molecule has 0 aliphatic carbocycles. The molecular weight excluding hydrogens is 340 g/mol. The third-order valence-corrected chi connectivity index (χ3v) is 5.90. The van der Waals surface area contributed by atoms with Crippen LogP contribution in [-0.4, -0.2) is 67.1 Å². The highest BCUT2D eigenvalue weighted by atomic mass is 16.1. The summed E-state index contributed by atoms with van der Waals surface area (Å²) in [6, 6.07) is 1.95. The van der Waals surface area contributed by atoms with Gasteiger partial charge in [0.25, 0.3) is 0 Å². The number of amides is 1. The van der Waals surface area contributed by atoms with Gasteiger partial charge in [-0.2, -0.15) is 4.98 Å². The zero-order chi connectivity index (χ0) is 19.1. The van der Waals surface area contributed by atoms with Crippen molar-refractivity contribution < 1.29 is 4.79 Å². The molecule has 1 amide bonds. The van der Waals surface area contributed by atoms with Crippen LogP contribution in [-0.2, 0) is 4.79 Å². The van der Waals surface area contributed by atoms with Gasteiger partial charge < -0.3 is 20.4 Å². The minimum absolute atomic E-state index is 0.207. The molecule has 2 saturated heterocycles. The number of aromatic nitrogens is 2. The lowest BCUT2D eigenvalue weighted by Crippen LogP contribution is -2.40. The van der Waals surface area contributed by atoms with Gasteiger partial charge >= 0.3 is 0 Å². The Bertz CT molecular complexity index is 594. The van der Waals surface area contributed by atoms with Crippen LogP contribution in [0.5, 0.6) is 0 Å². The summed E-state index contributed by atoms with van der Waals surface area (Å²) in [5, 5.41) is 6.10. The second-order valence-electron chi connectivity index (χ2n) is 8.00. The average molecular weight is 375 g/mol. The number of piperidine rings is 2. The van der Waals surface area contributed by atoms with Gasteiger partial charge in [-0.05, 0) is 56.7 Å². The lowest BCUT2D eigenvalue weighted by molar-refractivity contribution is -0.122. The molecule has 0 unspecified atom stereocenters. The van der Waals surface area contributed by atoms with Crippen molar-refractivity contribution in [1.29, 1.82) is 0 Å². The van der Waals surface area contributed by atoms with Crippen LogP contribution in [0.25, 0.3) is 0 Å². The molecule has 1 aromatic heterocycles. The molecule has 0 saturated carbocycles. The first-order chi connectivity index (χ1) is 13.1. The minimum atomic E-state index is 0.207. The van der Waals surface area contributed by atoms with E-state index < -0.39 is 0 Å². The molecule has 0 atom stereocenters. The standard InChI is InChI=1S/C20H34N6O/c1-16-4-10-25(11-5-16)14-9-22-19(27)15-17-6-12-26(13-7-17)18-3-8-23-20(21-2)24-18/h3,8,16-17H,4-7,9-15H2,1-2H3,(H,22,27)(H,21,23,24). The van der Waals surface area contributed by atoms with Crippen LogP contribution in [0.1, 0.15) is 39.0 Å². The second-order valence-corrected chi connectivity index (χ2v) is 8.00. The first-order valence-electron chi connectivity index (χ1n) is 10.4. The van der Waals surface area contributed by atoms with Crippen LogP contribution >= 0.6 is 0 Å². The van der Waals surface area contributed by atoms with Crippen molar-refractivity contribution in [3.8, 4) is 0 Å². The third-order valence-electron chi connectivity index (χ3n) is 5.90. The summed E-state index contributed by atoms with van der Waals surface area (Å²) in [7, 11) is 1.83. The zero-order valence-electron chi connectivity index (χ0n) is 16.8. The predicted molar refractivity (Wildman–Crippen MR) is 109 cm³/mol. The first kappa shape index (κ1) is 19.9. The Kier molecular flexibility index (Phi) is 7.26. The maximum absolute atomic E-state index is 12.3. The Hall–Kier alpha value is -1.89. The number of nitrogens with zero attached hydrogens (tertiary/aromatic N) is 4. The van der Waals surface area contributed by atoms with E-state index in [0.717, 1.165) is 50.8 Å². The topological polar surface area (TPSA) is 73.4 Å². The lowest BCUT2D eigenvalue weighted by Gasteiger charge is -2.32. The first-order valence-corrected chi connectivity index (χ1v) is 10.4. The van der Waals surface area contributed by atoms with E-state index in [1.54, 1.807) is 6.20 Å². The monoisotopic (exact) mass is 374 g/mol. The fourth-order valence-electron chi connectivity index (χ4n) is 3.99. The number of rotatable bonds is 7. The highest BCUT2D eigenvalue weighted by Crippen LogP contribution is 2.24. The molecule has 3 heterocycles. The summed E-state index contributed by atoms with van der Waals surface area (Å²) in [5.74, 6) is 3.15. The van der Waals surface area contributed by atoms with Crippen LogP contribution in [0.3, 0.4) is 0 Å². The minimum Gasteiger partial charge on any atom is -0.357 e. The lowest BCUT2D eigenvalue weighted by atomic mass is 9.93. The van der Waals surface area contributed by atoms with Gasteiger partial charge in [-0.15, -0.1) is 0 Å². The molecule has 7 nitrogen and oxygen atoms in total. The van der Waals surface area contributed by atoms with Gasteiger partial charge in [-0.1, -0.05) is 6.92 Å². The van der Waals surface area contributed by atoms with Crippen molar-refractivity contribution in [3.63, 3.8) is 0 Å². The van der Waals surface area contributed by atoms with Crippen LogP contribution < -0.4 is 15.5 Å². The molecule has 7 heteroatoms. The molecule has 1 aromatic rings. The van der Waals surface area contributed by atoms with Gasteiger partial charge in [0.05, 0.1) is 0 Å². The molecule has 27 heavy (non-hydrogen) atoms. The van der Waals surface area contributed by atoms with Gasteiger partial charge in [0.15, 0.2) is 0 Å². The maximum Gasteiger partial charge on any atom is 0.224 e. The van der Waals surface area contributed by atoms with Crippen molar-refractivity contribution >= 4 is 17.7 Å². The van der Waals surface area contributed by atoms with E-state index in [9.17, 15) is 4.79 Å². The fourth-order valence-corrected chi connectivity index (χ4v) is 3.99. The van der Waals surface area contributed by atoms with Gasteiger partial charge in [0.2, 0.25) is 11.9 Å². The van der Waals surface area contributed by atoms with Gasteiger partial charge in [-0.3, -0.25) is 4.79 Å². The van der Waals surface area contributed by atoms with Crippen molar-refractivity contribution in [3.05, 3.63) is 12.3 Å². The van der Waals surface area contributed by atoms with Crippen molar-refractivity contribution in [2.45, 2.75) is 39.0 Å². The molecule has 0 bridgehead atoms. The maximum atomic E-state index is 12.3. The third kappa shape index (κ3) is 6.06. The molecule has 0 radical (unpaired) electrons. The van der Waals surface area contributed by atoms with Crippen LogP contribution in [0.15, 0.2) is 12.3 Å². The number of likely N-dealkylation sites (tertiary alicyclic amines) is 1. The summed E-state index contributed by atoms with van der Waals surface area (Å²) >= 11 is 0. The summed E-state index contributed by atoms with van der Waals surface area (Å²) in [6.45, 7) is 8.34. The predicted octanol–water partition coefficient (Wildman–Crippen LogP) is 1.97. The quantitative estimate of drug-likeness (QED) is 0.760. The van der Waals surface area contributed by atoms with Crippen molar-refractivity contribution in [1.82, 2.24) is 20.2 Å². The second kappa shape index (κ2) is 9.88. The van der Waals surface area contributed by atoms with Gasteiger partial charge in [0, 0.05) is 45.8 Å². The summed E-state index contributed by atoms with van der Waals surface area (Å²) in [6.07, 6.45) is 7.09. The number of anilines is 2. The molecular formula is C20H34N6O. The van der Waals surface area contributed by atoms with E-state index in [4.69, 9.17) is 0 Å². The normalized spacial score (nSPS) is 19.9. The number of carbonyl (C=O) groups is 1. The average Bonchev–Trinajstić information content (AvgIpc) is 2.70. The molecule has 0 spiro atoms. The van der Waals surface area contributed by atoms with Crippen LogP contribution in [0.2, 0.25) is 0 Å². The SMILES string of the molecule is CNc1nccc(N2CCC(CC(=O)NCCN3CCC(C)CC3)CC2)n1. The van der Waals surface area contributed by atoms with E-state index in [0.29, 0.717) is 18.3 Å². The van der Waals surface area contributed by atoms with Crippen LogP contribution in [0.4, 0.5) is 11.8 Å². The Morgan fingerprint density at radius 2 is 1.93 bits per heavy atom. The fraction of sp³-hybridized carbons (Fsp3) is 0.750. The molecule has 2 aliphatic heterocycles. The summed E-state index contributed by atoms with van der Waals surface area (Å²) in [5.41, 5.74) is 0. The molecule has 3 rings (SSSR count). The van der Waals surface area contributed by atoms with E-state index in [2.05, 4.69) is 37.3 Å². The van der Waals surface area contributed by atoms with Crippen molar-refractivity contribution in [2.24, 2.45) is 11.8 Å². The van der Waals surface area contributed by atoms with Crippen molar-refractivity contribution in [2.75, 3.05) is 56.5 Å². The van der Waals surface area contributed by atoms with Gasteiger partial charge in [0.1, 0.15) is 5.82 Å². The number of hydrogen-bond donors (Lipinski definition) is 2. The Labute approximate surface area is 162 Å². The molecule has 2 fully saturated rings. The highest BCUT2D eigenvalue weighted by molar-refractivity contribution is 5.76. The van der Waals surface area contributed by atoms with E-state index in [1.807, 2.05) is 13.1 Å². The molecule has 150 valence electrons. The van der Waals surface area contributed by atoms with E-state index in [-0.39, 0.29) is 5.91 Å². The number of hydrogen-bond acceptors (Lipinski definition) is 6. The number of nitrogens with one attached hydrogen (secondary N) is 2. The summed E-state index contributed by atoms with van der Waals surface area (Å²) < 4.78 is 0. The van der Waals surface area contributed by atoms with E-state index >= 15 is 0 Å². The Morgan fingerprint density at radius 3 is 2.63 bits per heavy atom. The highest BCUT2D eigenvalue weighted by Gasteiger charge is 2.22. The van der Waals surface area contributed by atoms with E-state index in [1.165, 1.54) is 25.9 Å². The Balaban J connectivity index is 1.33. The van der Waals surface area contributed by atoms with Gasteiger partial charge in [-0.25, -0.2) is 4.98 Å². The van der Waals surface area contributed by atoms with Crippen LogP contribution in [0, 0.1) is 11.8 Å². The smallest absolute Gasteiger partial charge is 0.224 e. The summed E-state index contributed by atoms with van der Waals surface area (Å²) in [4.78, 5) is 25.7.